The number of hydrogen-bond acceptors (Lipinski definition) is 6. The minimum Gasteiger partial charge on any atom is -0.330 e. The van der Waals surface area contributed by atoms with Crippen LogP contribution in [0.25, 0.3) is 0 Å². The molecule has 0 unspecified atom stereocenters. The van der Waals surface area contributed by atoms with Crippen LogP contribution >= 0.6 is 0 Å². The van der Waals surface area contributed by atoms with Crippen LogP contribution in [0.4, 0.5) is 0 Å². The topological polar surface area (TPSA) is 101 Å². The van der Waals surface area contributed by atoms with Gasteiger partial charge in [0.2, 0.25) is 10.0 Å². The second-order valence-corrected chi connectivity index (χ2v) is 9.53. The Kier molecular flexibility index (Phi) is 6.86. The van der Waals surface area contributed by atoms with E-state index in [0.29, 0.717) is 32.7 Å². The number of nitrogens with two attached hydrogens (primary N) is 1. The van der Waals surface area contributed by atoms with Crippen molar-refractivity contribution in [2.24, 2.45) is 5.73 Å². The number of piperazine rings is 1. The molecule has 7 nitrogen and oxygen atoms in total. The lowest BCUT2D eigenvalue weighted by Gasteiger charge is -2.33. The molecule has 0 spiro atoms. The molecule has 1 rings (SSSR count). The molecule has 0 aromatic rings. The Morgan fingerprint density at radius 2 is 1.55 bits per heavy atom. The van der Waals surface area contributed by atoms with Crippen LogP contribution in [0.15, 0.2) is 0 Å². The largest absolute Gasteiger partial charge is 0.330 e. The number of unbranched alkanes of at least 4 members (excludes halogenated alkanes) is 1. The molecule has 0 bridgehead atoms. The summed E-state index contributed by atoms with van der Waals surface area (Å²) in [6.45, 7) is 3.89. The Hall–Kier alpha value is -0.220. The lowest BCUT2D eigenvalue weighted by molar-refractivity contribution is 0.186. The number of sulfonamides is 1. The minimum absolute atomic E-state index is 0.313. The maximum atomic E-state index is 12.0. The standard InChI is InChI=1S/C11H25N3O4S2/c1-19(15,16)10-11-20(17,18)14-8-6-13(7-9-14)5-3-2-4-12/h2-12H2,1H3. The van der Waals surface area contributed by atoms with Crippen molar-refractivity contribution in [2.75, 3.05) is 57.0 Å². The summed E-state index contributed by atoms with van der Waals surface area (Å²) in [5.41, 5.74) is 5.44. The summed E-state index contributed by atoms with van der Waals surface area (Å²) in [5, 5.41) is 0. The van der Waals surface area contributed by atoms with Gasteiger partial charge in [0.05, 0.1) is 11.5 Å². The van der Waals surface area contributed by atoms with Crippen LogP contribution in [0, 0.1) is 0 Å². The average molecular weight is 327 g/mol. The van der Waals surface area contributed by atoms with Gasteiger partial charge in [-0.2, -0.15) is 4.31 Å². The molecular weight excluding hydrogens is 302 g/mol. The van der Waals surface area contributed by atoms with Gasteiger partial charge in [-0.15, -0.1) is 0 Å². The number of sulfone groups is 1. The van der Waals surface area contributed by atoms with Gasteiger partial charge in [-0.3, -0.25) is 0 Å². The van der Waals surface area contributed by atoms with E-state index in [4.69, 9.17) is 5.73 Å². The highest BCUT2D eigenvalue weighted by molar-refractivity contribution is 7.93. The molecule has 1 aliphatic heterocycles. The van der Waals surface area contributed by atoms with Crippen LogP contribution in [-0.4, -0.2) is 83.1 Å². The summed E-state index contributed by atoms with van der Waals surface area (Å²) in [4.78, 5) is 2.22. The molecule has 1 aliphatic rings. The summed E-state index contributed by atoms with van der Waals surface area (Å²) < 4.78 is 47.6. The second-order valence-electron chi connectivity index (χ2n) is 5.18. The number of nitrogens with zero attached hydrogens (tertiary/aromatic N) is 2. The molecule has 0 aliphatic carbocycles. The predicted octanol–water partition coefficient (Wildman–Crippen LogP) is -1.28. The van der Waals surface area contributed by atoms with Crippen LogP contribution in [0.2, 0.25) is 0 Å². The molecule has 1 saturated heterocycles. The van der Waals surface area contributed by atoms with Gasteiger partial charge in [0.25, 0.3) is 0 Å². The van der Waals surface area contributed by atoms with Gasteiger partial charge in [-0.25, -0.2) is 16.8 Å². The molecule has 0 aromatic carbocycles. The third kappa shape index (κ3) is 6.49. The highest BCUT2D eigenvalue weighted by Gasteiger charge is 2.27. The van der Waals surface area contributed by atoms with Crippen LogP contribution in [0.1, 0.15) is 12.8 Å². The zero-order valence-electron chi connectivity index (χ0n) is 12.0. The predicted molar refractivity (Wildman–Crippen MR) is 79.8 cm³/mol. The Labute approximate surface area is 122 Å². The first-order chi connectivity index (χ1) is 9.24. The normalized spacial score (nSPS) is 19.3. The average Bonchev–Trinajstić information content (AvgIpc) is 2.37. The van der Waals surface area contributed by atoms with E-state index in [1.807, 2.05) is 0 Å². The van der Waals surface area contributed by atoms with Gasteiger partial charge in [0.1, 0.15) is 9.84 Å². The van der Waals surface area contributed by atoms with Crippen molar-refractivity contribution >= 4 is 19.9 Å². The summed E-state index contributed by atoms with van der Waals surface area (Å²) in [6.07, 6.45) is 3.06. The molecule has 0 atom stereocenters. The summed E-state index contributed by atoms with van der Waals surface area (Å²) in [6, 6.07) is 0. The van der Waals surface area contributed by atoms with Crippen molar-refractivity contribution in [1.29, 1.82) is 0 Å². The van der Waals surface area contributed by atoms with E-state index >= 15 is 0 Å². The molecule has 1 fully saturated rings. The fourth-order valence-corrected chi connectivity index (χ4v) is 5.13. The zero-order chi connectivity index (χ0) is 15.2. The van der Waals surface area contributed by atoms with Gasteiger partial charge in [0, 0.05) is 32.4 Å². The second kappa shape index (κ2) is 7.69. The first kappa shape index (κ1) is 17.8. The van der Waals surface area contributed by atoms with E-state index in [2.05, 4.69) is 4.90 Å². The number of hydrogen-bond donors (Lipinski definition) is 1. The first-order valence-corrected chi connectivity index (χ1v) is 10.5. The summed E-state index contributed by atoms with van der Waals surface area (Å²) >= 11 is 0. The van der Waals surface area contributed by atoms with Gasteiger partial charge in [-0.1, -0.05) is 0 Å². The van der Waals surface area contributed by atoms with Crippen molar-refractivity contribution in [3.63, 3.8) is 0 Å². The third-order valence-corrected chi connectivity index (χ3v) is 6.44. The maximum Gasteiger partial charge on any atom is 0.215 e. The van der Waals surface area contributed by atoms with Gasteiger partial charge < -0.3 is 10.6 Å². The van der Waals surface area contributed by atoms with Crippen molar-refractivity contribution in [3.8, 4) is 0 Å². The van der Waals surface area contributed by atoms with Crippen molar-refractivity contribution in [3.05, 3.63) is 0 Å². The monoisotopic (exact) mass is 327 g/mol. The van der Waals surface area contributed by atoms with Crippen LogP contribution < -0.4 is 5.73 Å². The highest BCUT2D eigenvalue weighted by Crippen LogP contribution is 2.09. The van der Waals surface area contributed by atoms with E-state index in [0.717, 1.165) is 25.6 Å². The fourth-order valence-electron chi connectivity index (χ4n) is 2.10. The Balaban J connectivity index is 2.40. The van der Waals surface area contributed by atoms with E-state index in [1.54, 1.807) is 0 Å². The molecule has 0 aromatic heterocycles. The maximum absolute atomic E-state index is 12.0. The minimum atomic E-state index is -3.46. The highest BCUT2D eigenvalue weighted by atomic mass is 32.2. The van der Waals surface area contributed by atoms with Gasteiger partial charge in [-0.05, 0) is 25.9 Å². The molecule has 20 heavy (non-hydrogen) atoms. The summed E-state index contributed by atoms with van der Waals surface area (Å²) in [5.74, 6) is -0.634. The molecule has 120 valence electrons. The van der Waals surface area contributed by atoms with Crippen molar-refractivity contribution in [1.82, 2.24) is 9.21 Å². The quantitative estimate of drug-likeness (QED) is 0.557. The first-order valence-electron chi connectivity index (χ1n) is 6.82. The molecule has 0 radical (unpaired) electrons. The Bertz CT molecular complexity index is 482. The molecule has 2 N–H and O–H groups in total. The van der Waals surface area contributed by atoms with E-state index in [1.165, 1.54) is 4.31 Å². The molecule has 0 saturated carbocycles. The molecule has 9 heteroatoms. The fraction of sp³-hybridized carbons (Fsp3) is 1.00. The lowest BCUT2D eigenvalue weighted by Crippen LogP contribution is -2.49. The van der Waals surface area contributed by atoms with Crippen LogP contribution in [0.3, 0.4) is 0 Å². The summed E-state index contributed by atoms with van der Waals surface area (Å²) in [7, 11) is -6.71. The van der Waals surface area contributed by atoms with E-state index in [-0.39, 0.29) is 11.5 Å². The Morgan fingerprint density at radius 1 is 0.950 bits per heavy atom. The molecule has 0 amide bonds. The SMILES string of the molecule is CS(=O)(=O)CCS(=O)(=O)N1CCN(CCCCN)CC1. The third-order valence-electron chi connectivity index (χ3n) is 3.37. The zero-order valence-corrected chi connectivity index (χ0v) is 13.6. The van der Waals surface area contributed by atoms with Crippen LogP contribution in [-0.2, 0) is 19.9 Å². The molecular formula is C11H25N3O4S2. The van der Waals surface area contributed by atoms with E-state index in [9.17, 15) is 16.8 Å². The lowest BCUT2D eigenvalue weighted by atomic mass is 10.2. The van der Waals surface area contributed by atoms with Crippen molar-refractivity contribution in [2.45, 2.75) is 12.8 Å². The Morgan fingerprint density at radius 3 is 2.05 bits per heavy atom. The van der Waals surface area contributed by atoms with Gasteiger partial charge in [0.15, 0.2) is 0 Å². The smallest absolute Gasteiger partial charge is 0.215 e. The van der Waals surface area contributed by atoms with E-state index < -0.39 is 19.9 Å². The van der Waals surface area contributed by atoms with Crippen molar-refractivity contribution < 1.29 is 16.8 Å². The molecule has 1 heterocycles. The van der Waals surface area contributed by atoms with Crippen LogP contribution in [0.5, 0.6) is 0 Å². The number of rotatable bonds is 8. The van der Waals surface area contributed by atoms with Gasteiger partial charge >= 0.3 is 0 Å².